The third-order valence-corrected chi connectivity index (χ3v) is 5.05. The Labute approximate surface area is 149 Å². The van der Waals surface area contributed by atoms with Gasteiger partial charge in [-0.25, -0.2) is 0 Å². The summed E-state index contributed by atoms with van der Waals surface area (Å²) in [6.45, 7) is 5.76. The SMILES string of the molecule is CC(C)C(=O)Nc1ccc(NC(=O)C2CC23CCNCC3)cc1.Cl. The molecule has 1 saturated heterocycles. The first kappa shape index (κ1) is 18.7. The number of halogens is 1. The fraction of sp³-hybridized carbons (Fsp3) is 0.556. The van der Waals surface area contributed by atoms with E-state index >= 15 is 0 Å². The van der Waals surface area contributed by atoms with Crippen molar-refractivity contribution in [2.24, 2.45) is 17.3 Å². The minimum atomic E-state index is -0.0505. The Bertz CT molecular complexity index is 595. The van der Waals surface area contributed by atoms with Crippen molar-refractivity contribution in [2.45, 2.75) is 33.1 Å². The first-order chi connectivity index (χ1) is 11.0. The largest absolute Gasteiger partial charge is 0.326 e. The number of piperidine rings is 1. The molecule has 0 bridgehead atoms. The van der Waals surface area contributed by atoms with Crippen LogP contribution in [0.25, 0.3) is 0 Å². The quantitative estimate of drug-likeness (QED) is 0.780. The van der Waals surface area contributed by atoms with Crippen molar-refractivity contribution in [3.8, 4) is 0 Å². The van der Waals surface area contributed by atoms with Crippen molar-refractivity contribution in [3.63, 3.8) is 0 Å². The molecule has 1 aliphatic carbocycles. The highest BCUT2D eigenvalue weighted by atomic mass is 35.5. The van der Waals surface area contributed by atoms with Crippen molar-refractivity contribution in [2.75, 3.05) is 23.7 Å². The van der Waals surface area contributed by atoms with Crippen molar-refractivity contribution >= 4 is 35.6 Å². The highest BCUT2D eigenvalue weighted by Gasteiger charge is 2.57. The predicted octanol–water partition coefficient (Wildman–Crippen LogP) is 3.03. The van der Waals surface area contributed by atoms with Crippen molar-refractivity contribution in [1.82, 2.24) is 5.32 Å². The van der Waals surface area contributed by atoms with Crippen LogP contribution in [0.1, 0.15) is 33.1 Å². The van der Waals surface area contributed by atoms with E-state index in [0.717, 1.165) is 43.7 Å². The zero-order valence-electron chi connectivity index (χ0n) is 14.2. The molecular formula is C18H26ClN3O2. The first-order valence-electron chi connectivity index (χ1n) is 8.43. The lowest BCUT2D eigenvalue weighted by molar-refractivity contribution is -0.119. The predicted molar refractivity (Wildman–Crippen MR) is 98.4 cm³/mol. The van der Waals surface area contributed by atoms with Crippen LogP contribution < -0.4 is 16.0 Å². The van der Waals surface area contributed by atoms with Crippen LogP contribution in [-0.4, -0.2) is 24.9 Å². The minimum Gasteiger partial charge on any atom is -0.326 e. The molecule has 3 rings (SSSR count). The summed E-state index contributed by atoms with van der Waals surface area (Å²) < 4.78 is 0. The molecule has 1 unspecified atom stereocenters. The Morgan fingerprint density at radius 1 is 1.08 bits per heavy atom. The molecule has 2 fully saturated rings. The Hall–Kier alpha value is -1.59. The molecular weight excluding hydrogens is 326 g/mol. The lowest BCUT2D eigenvalue weighted by Crippen LogP contribution is -2.31. The van der Waals surface area contributed by atoms with Crippen molar-refractivity contribution in [3.05, 3.63) is 24.3 Å². The van der Waals surface area contributed by atoms with Gasteiger partial charge in [-0.15, -0.1) is 12.4 Å². The Morgan fingerprint density at radius 2 is 1.62 bits per heavy atom. The lowest BCUT2D eigenvalue weighted by Gasteiger charge is -2.23. The van der Waals surface area contributed by atoms with Crippen LogP contribution in [0.3, 0.4) is 0 Å². The number of rotatable bonds is 4. The van der Waals surface area contributed by atoms with Gasteiger partial charge in [0.1, 0.15) is 0 Å². The smallest absolute Gasteiger partial charge is 0.228 e. The average Bonchev–Trinajstić information content (AvgIpc) is 3.23. The number of carbonyl (C=O) groups is 2. The number of carbonyl (C=O) groups excluding carboxylic acids is 2. The summed E-state index contributed by atoms with van der Waals surface area (Å²) in [4.78, 5) is 24.1. The summed E-state index contributed by atoms with van der Waals surface area (Å²) >= 11 is 0. The standard InChI is InChI=1S/C18H25N3O2.ClH/c1-12(2)16(22)20-13-3-5-14(6-4-13)21-17(23)15-11-18(15)7-9-19-10-8-18;/h3-6,12,15,19H,7-11H2,1-2H3,(H,20,22)(H,21,23);1H. The third-order valence-electron chi connectivity index (χ3n) is 5.05. The van der Waals surface area contributed by atoms with E-state index in [-0.39, 0.29) is 41.5 Å². The molecule has 1 heterocycles. The molecule has 1 saturated carbocycles. The van der Waals surface area contributed by atoms with Gasteiger partial charge in [0.05, 0.1) is 0 Å². The Balaban J connectivity index is 0.00000208. The zero-order valence-corrected chi connectivity index (χ0v) is 15.0. The van der Waals surface area contributed by atoms with Crippen LogP contribution >= 0.6 is 12.4 Å². The van der Waals surface area contributed by atoms with Crippen molar-refractivity contribution in [1.29, 1.82) is 0 Å². The van der Waals surface area contributed by atoms with Crippen LogP contribution in [0.2, 0.25) is 0 Å². The number of anilines is 2. The zero-order chi connectivity index (χ0) is 16.4. The first-order valence-corrected chi connectivity index (χ1v) is 8.43. The van der Waals surface area contributed by atoms with E-state index in [2.05, 4.69) is 16.0 Å². The monoisotopic (exact) mass is 351 g/mol. The maximum atomic E-state index is 12.4. The fourth-order valence-electron chi connectivity index (χ4n) is 3.35. The lowest BCUT2D eigenvalue weighted by atomic mass is 9.92. The maximum Gasteiger partial charge on any atom is 0.228 e. The molecule has 1 atom stereocenters. The molecule has 1 aliphatic heterocycles. The van der Waals surface area contributed by atoms with E-state index in [1.807, 2.05) is 38.1 Å². The Morgan fingerprint density at radius 3 is 2.17 bits per heavy atom. The van der Waals surface area contributed by atoms with Crippen LogP contribution in [-0.2, 0) is 9.59 Å². The van der Waals surface area contributed by atoms with Crippen LogP contribution in [0.5, 0.6) is 0 Å². The third kappa shape index (κ3) is 4.08. The number of hydrogen-bond donors (Lipinski definition) is 3. The molecule has 0 aromatic heterocycles. The topological polar surface area (TPSA) is 70.2 Å². The molecule has 3 N–H and O–H groups in total. The second kappa shape index (κ2) is 7.53. The number of amides is 2. The summed E-state index contributed by atoms with van der Waals surface area (Å²) in [7, 11) is 0. The van der Waals surface area contributed by atoms with E-state index in [4.69, 9.17) is 0 Å². The normalized spacial score (nSPS) is 21.0. The van der Waals surface area contributed by atoms with Gasteiger partial charge in [0.15, 0.2) is 0 Å². The van der Waals surface area contributed by atoms with Gasteiger partial charge in [0.2, 0.25) is 11.8 Å². The molecule has 24 heavy (non-hydrogen) atoms. The van der Waals surface area contributed by atoms with E-state index in [9.17, 15) is 9.59 Å². The Kier molecular flexibility index (Phi) is 5.88. The van der Waals surface area contributed by atoms with E-state index in [0.29, 0.717) is 0 Å². The van der Waals surface area contributed by atoms with Crippen molar-refractivity contribution < 1.29 is 9.59 Å². The number of nitrogens with one attached hydrogen (secondary N) is 3. The van der Waals surface area contributed by atoms with E-state index in [1.165, 1.54) is 0 Å². The number of hydrogen-bond acceptors (Lipinski definition) is 3. The second-order valence-electron chi connectivity index (χ2n) is 7.08. The highest BCUT2D eigenvalue weighted by Crippen LogP contribution is 2.58. The summed E-state index contributed by atoms with van der Waals surface area (Å²) in [6, 6.07) is 7.32. The molecule has 0 radical (unpaired) electrons. The molecule has 1 aromatic rings. The van der Waals surface area contributed by atoms with Gasteiger partial charge >= 0.3 is 0 Å². The van der Waals surface area contributed by atoms with Gasteiger partial charge in [0, 0.05) is 23.2 Å². The summed E-state index contributed by atoms with van der Waals surface area (Å²) in [5, 5.41) is 9.20. The summed E-state index contributed by atoms with van der Waals surface area (Å²) in [5.41, 5.74) is 1.79. The van der Waals surface area contributed by atoms with Gasteiger partial charge in [-0.3, -0.25) is 9.59 Å². The van der Waals surface area contributed by atoms with Gasteiger partial charge in [-0.05, 0) is 62.0 Å². The van der Waals surface area contributed by atoms with Gasteiger partial charge in [-0.1, -0.05) is 13.8 Å². The maximum absolute atomic E-state index is 12.4. The van der Waals surface area contributed by atoms with Gasteiger partial charge in [0.25, 0.3) is 0 Å². The average molecular weight is 352 g/mol. The molecule has 1 spiro atoms. The second-order valence-corrected chi connectivity index (χ2v) is 7.08. The van der Waals surface area contributed by atoms with Gasteiger partial charge < -0.3 is 16.0 Å². The highest BCUT2D eigenvalue weighted by molar-refractivity contribution is 5.96. The van der Waals surface area contributed by atoms with E-state index < -0.39 is 0 Å². The minimum absolute atomic E-state index is 0. The molecule has 132 valence electrons. The number of benzene rings is 1. The summed E-state index contributed by atoms with van der Waals surface area (Å²) in [6.07, 6.45) is 3.22. The molecule has 5 nitrogen and oxygen atoms in total. The van der Waals surface area contributed by atoms with Crippen LogP contribution in [0.4, 0.5) is 11.4 Å². The van der Waals surface area contributed by atoms with E-state index in [1.54, 1.807) is 0 Å². The molecule has 1 aromatic carbocycles. The van der Waals surface area contributed by atoms with Gasteiger partial charge in [-0.2, -0.15) is 0 Å². The van der Waals surface area contributed by atoms with Crippen LogP contribution in [0.15, 0.2) is 24.3 Å². The molecule has 6 heteroatoms. The summed E-state index contributed by atoms with van der Waals surface area (Å²) in [5.74, 6) is 0.230. The molecule has 2 aliphatic rings. The molecule has 2 amide bonds. The fourth-order valence-corrected chi connectivity index (χ4v) is 3.35. The van der Waals surface area contributed by atoms with Crippen LogP contribution in [0, 0.1) is 17.3 Å².